The van der Waals surface area contributed by atoms with E-state index in [9.17, 15) is 0 Å². The molecule has 0 spiro atoms. The molecule has 1 atom stereocenters. The van der Waals surface area contributed by atoms with Gasteiger partial charge in [-0.1, -0.05) is 13.3 Å². The average molecular weight is 125 g/mol. The Balaban J connectivity index is 2.99. The third kappa shape index (κ3) is 5.39. The molecular formula is C8H15N. The number of hydrogen-bond acceptors (Lipinski definition) is 1. The molecule has 1 nitrogen and oxygen atoms in total. The van der Waals surface area contributed by atoms with Gasteiger partial charge < -0.3 is 5.73 Å². The topological polar surface area (TPSA) is 26.0 Å². The van der Waals surface area contributed by atoms with E-state index in [1.54, 1.807) is 0 Å². The summed E-state index contributed by atoms with van der Waals surface area (Å²) in [6.07, 6.45) is 8.56. The van der Waals surface area contributed by atoms with Gasteiger partial charge in [0.25, 0.3) is 0 Å². The van der Waals surface area contributed by atoms with Gasteiger partial charge in [-0.3, -0.25) is 0 Å². The Labute approximate surface area is 57.6 Å². The lowest BCUT2D eigenvalue weighted by Gasteiger charge is -2.00. The molecule has 0 rings (SSSR count). The molecule has 0 saturated heterocycles. The van der Waals surface area contributed by atoms with Gasteiger partial charge >= 0.3 is 0 Å². The van der Waals surface area contributed by atoms with Crippen molar-refractivity contribution in [2.45, 2.75) is 26.2 Å². The van der Waals surface area contributed by atoms with Gasteiger partial charge in [0.1, 0.15) is 0 Å². The van der Waals surface area contributed by atoms with Crippen molar-refractivity contribution in [3.05, 3.63) is 0 Å². The first-order valence-electron chi connectivity index (χ1n) is 3.47. The zero-order chi connectivity index (χ0) is 7.11. The lowest BCUT2D eigenvalue weighted by atomic mass is 10.1. The van der Waals surface area contributed by atoms with Crippen molar-refractivity contribution in [2.75, 3.05) is 6.54 Å². The van der Waals surface area contributed by atoms with E-state index in [4.69, 9.17) is 12.2 Å². The lowest BCUT2D eigenvalue weighted by Crippen LogP contribution is -1.99. The van der Waals surface area contributed by atoms with E-state index in [1.807, 2.05) is 0 Å². The molecular weight excluding hydrogens is 110 g/mol. The molecule has 52 valence electrons. The Hall–Kier alpha value is -0.480. The van der Waals surface area contributed by atoms with Crippen LogP contribution in [0.2, 0.25) is 0 Å². The van der Waals surface area contributed by atoms with E-state index in [0.717, 1.165) is 19.4 Å². The quantitative estimate of drug-likeness (QED) is 0.446. The summed E-state index contributed by atoms with van der Waals surface area (Å²) in [5.74, 6) is 3.11. The molecule has 1 unspecified atom stereocenters. The van der Waals surface area contributed by atoms with Crippen LogP contribution in [0.4, 0.5) is 0 Å². The van der Waals surface area contributed by atoms with Gasteiger partial charge in [0.15, 0.2) is 0 Å². The van der Waals surface area contributed by atoms with E-state index < -0.39 is 0 Å². The van der Waals surface area contributed by atoms with Crippen molar-refractivity contribution in [1.82, 2.24) is 0 Å². The Morgan fingerprint density at radius 1 is 1.56 bits per heavy atom. The van der Waals surface area contributed by atoms with Crippen LogP contribution in [-0.2, 0) is 0 Å². The van der Waals surface area contributed by atoms with Crippen molar-refractivity contribution in [2.24, 2.45) is 11.7 Å². The fourth-order valence-corrected chi connectivity index (χ4v) is 0.678. The van der Waals surface area contributed by atoms with Crippen LogP contribution < -0.4 is 5.73 Å². The predicted octanol–water partition coefficient (Wildman–Crippen LogP) is 1.38. The van der Waals surface area contributed by atoms with E-state index in [2.05, 4.69) is 12.8 Å². The Morgan fingerprint density at radius 3 is 2.67 bits per heavy atom. The van der Waals surface area contributed by atoms with E-state index in [0.29, 0.717) is 5.92 Å². The number of terminal acetylenes is 1. The zero-order valence-corrected chi connectivity index (χ0v) is 6.06. The second-order valence-electron chi connectivity index (χ2n) is 2.35. The maximum absolute atomic E-state index is 5.30. The number of nitrogens with two attached hydrogens (primary N) is 1. The normalized spacial score (nSPS) is 12.6. The Bertz CT molecular complexity index is 91.2. The molecule has 9 heavy (non-hydrogen) atoms. The fourth-order valence-electron chi connectivity index (χ4n) is 0.678. The minimum absolute atomic E-state index is 0.427. The van der Waals surface area contributed by atoms with Crippen molar-refractivity contribution in [3.63, 3.8) is 0 Å². The number of rotatable bonds is 4. The predicted molar refractivity (Wildman–Crippen MR) is 40.9 cm³/mol. The second-order valence-corrected chi connectivity index (χ2v) is 2.35. The van der Waals surface area contributed by atoms with Crippen molar-refractivity contribution >= 4 is 0 Å². The van der Waals surface area contributed by atoms with Crippen LogP contribution in [0.25, 0.3) is 0 Å². The molecule has 0 aliphatic carbocycles. The van der Waals surface area contributed by atoms with E-state index >= 15 is 0 Å². The molecule has 2 N–H and O–H groups in total. The average Bonchev–Trinajstić information content (AvgIpc) is 1.89. The van der Waals surface area contributed by atoms with Gasteiger partial charge in [-0.2, -0.15) is 0 Å². The van der Waals surface area contributed by atoms with Crippen molar-refractivity contribution in [1.29, 1.82) is 0 Å². The van der Waals surface area contributed by atoms with Gasteiger partial charge in [0.05, 0.1) is 0 Å². The summed E-state index contributed by atoms with van der Waals surface area (Å²) in [5.41, 5.74) is 5.30. The second kappa shape index (κ2) is 5.65. The highest BCUT2D eigenvalue weighted by Crippen LogP contribution is 2.04. The highest BCUT2D eigenvalue weighted by molar-refractivity contribution is 4.89. The summed E-state index contributed by atoms with van der Waals surface area (Å²) in [6.45, 7) is 2.85. The molecule has 0 aromatic carbocycles. The summed E-state index contributed by atoms with van der Waals surface area (Å²) in [7, 11) is 0. The first-order chi connectivity index (χ1) is 4.31. The number of unbranched alkanes of at least 4 members (excludes halogenated alkanes) is 1. The summed E-state index contributed by atoms with van der Waals surface area (Å²) in [6, 6.07) is 0. The summed E-state index contributed by atoms with van der Waals surface area (Å²) >= 11 is 0. The minimum Gasteiger partial charge on any atom is -0.330 e. The van der Waals surface area contributed by atoms with E-state index in [1.165, 1.54) is 6.42 Å². The molecule has 0 aliphatic rings. The van der Waals surface area contributed by atoms with Gasteiger partial charge in [-0.05, 0) is 19.4 Å². The fraction of sp³-hybridized carbons (Fsp3) is 0.750. The molecule has 0 radical (unpaired) electrons. The molecule has 0 amide bonds. The highest BCUT2D eigenvalue weighted by atomic mass is 14.5. The first-order valence-corrected chi connectivity index (χ1v) is 3.47. The molecule has 0 saturated carbocycles. The Kier molecular flexibility index (Phi) is 5.35. The SMILES string of the molecule is C#CC(C)CCCCN. The Morgan fingerprint density at radius 2 is 2.22 bits per heavy atom. The minimum atomic E-state index is 0.427. The molecule has 0 aliphatic heterocycles. The van der Waals surface area contributed by atoms with Crippen LogP contribution in [0.5, 0.6) is 0 Å². The highest BCUT2D eigenvalue weighted by Gasteiger charge is 1.93. The van der Waals surface area contributed by atoms with Crippen LogP contribution in [0.3, 0.4) is 0 Å². The van der Waals surface area contributed by atoms with Gasteiger partial charge in [-0.25, -0.2) is 0 Å². The smallest absolute Gasteiger partial charge is 0.0171 e. The van der Waals surface area contributed by atoms with Crippen molar-refractivity contribution < 1.29 is 0 Å². The van der Waals surface area contributed by atoms with Gasteiger partial charge in [-0.15, -0.1) is 12.3 Å². The lowest BCUT2D eigenvalue weighted by molar-refractivity contribution is 0.600. The van der Waals surface area contributed by atoms with Gasteiger partial charge in [0, 0.05) is 5.92 Å². The van der Waals surface area contributed by atoms with Crippen LogP contribution >= 0.6 is 0 Å². The van der Waals surface area contributed by atoms with Crippen LogP contribution in [0.1, 0.15) is 26.2 Å². The third-order valence-corrected chi connectivity index (χ3v) is 1.38. The third-order valence-electron chi connectivity index (χ3n) is 1.38. The maximum Gasteiger partial charge on any atom is 0.0171 e. The first kappa shape index (κ1) is 8.52. The molecule has 0 heterocycles. The molecule has 0 aromatic heterocycles. The van der Waals surface area contributed by atoms with Gasteiger partial charge in [0.2, 0.25) is 0 Å². The van der Waals surface area contributed by atoms with Crippen LogP contribution in [-0.4, -0.2) is 6.54 Å². The molecule has 0 aromatic rings. The van der Waals surface area contributed by atoms with E-state index in [-0.39, 0.29) is 0 Å². The summed E-state index contributed by atoms with van der Waals surface area (Å²) in [4.78, 5) is 0. The van der Waals surface area contributed by atoms with Crippen LogP contribution in [0, 0.1) is 18.3 Å². The largest absolute Gasteiger partial charge is 0.330 e. The van der Waals surface area contributed by atoms with Crippen LogP contribution in [0.15, 0.2) is 0 Å². The monoisotopic (exact) mass is 125 g/mol. The molecule has 0 bridgehead atoms. The zero-order valence-electron chi connectivity index (χ0n) is 6.06. The summed E-state index contributed by atoms with van der Waals surface area (Å²) < 4.78 is 0. The standard InChI is InChI=1S/C8H15N/c1-3-8(2)6-4-5-7-9/h1,8H,4-7,9H2,2H3. The maximum atomic E-state index is 5.30. The molecule has 1 heteroatoms. The summed E-state index contributed by atoms with van der Waals surface area (Å²) in [5, 5.41) is 0. The molecule has 0 fully saturated rings. The number of hydrogen-bond donors (Lipinski definition) is 1. The van der Waals surface area contributed by atoms with Crippen molar-refractivity contribution in [3.8, 4) is 12.3 Å².